The summed E-state index contributed by atoms with van der Waals surface area (Å²) in [6.07, 6.45) is 5.90. The fraction of sp³-hybridized carbons (Fsp3) is 0.538. The molecule has 5 heteroatoms. The Morgan fingerprint density at radius 2 is 2.33 bits per heavy atom. The summed E-state index contributed by atoms with van der Waals surface area (Å²) in [7, 11) is 0. The monoisotopic (exact) mass is 330 g/mol. The molecule has 18 heavy (non-hydrogen) atoms. The second-order valence-electron chi connectivity index (χ2n) is 4.49. The minimum Gasteiger partial charge on any atom is -0.334 e. The van der Waals surface area contributed by atoms with E-state index in [4.69, 9.17) is 11.6 Å². The molecule has 1 aliphatic heterocycles. The van der Waals surface area contributed by atoms with Gasteiger partial charge in [-0.2, -0.15) is 0 Å². The molecule has 0 spiro atoms. The van der Waals surface area contributed by atoms with Crippen molar-refractivity contribution in [3.63, 3.8) is 0 Å². The van der Waals surface area contributed by atoms with E-state index in [9.17, 15) is 4.79 Å². The number of halogens is 2. The number of likely N-dealkylation sites (tertiary alicyclic amines) is 1. The van der Waals surface area contributed by atoms with Crippen LogP contribution in [-0.4, -0.2) is 33.7 Å². The van der Waals surface area contributed by atoms with Crippen LogP contribution in [0.15, 0.2) is 18.3 Å². The molecular formula is C13H16BrClN2O. The van der Waals surface area contributed by atoms with Gasteiger partial charge in [0.15, 0.2) is 0 Å². The van der Waals surface area contributed by atoms with Crippen LogP contribution in [0.2, 0.25) is 5.02 Å². The van der Waals surface area contributed by atoms with Crippen LogP contribution in [0, 0.1) is 0 Å². The van der Waals surface area contributed by atoms with Crippen LogP contribution < -0.4 is 0 Å². The van der Waals surface area contributed by atoms with Gasteiger partial charge in [0, 0.05) is 24.1 Å². The Morgan fingerprint density at radius 1 is 1.50 bits per heavy atom. The lowest BCUT2D eigenvalue weighted by molar-refractivity contribution is 0.0604. The zero-order valence-corrected chi connectivity index (χ0v) is 12.5. The second-order valence-corrected chi connectivity index (χ2v) is 5.72. The van der Waals surface area contributed by atoms with Crippen molar-refractivity contribution in [3.05, 3.63) is 29.0 Å². The summed E-state index contributed by atoms with van der Waals surface area (Å²) in [6.45, 7) is 0.834. The molecule has 3 nitrogen and oxygen atoms in total. The first kappa shape index (κ1) is 13.8. The second kappa shape index (κ2) is 6.53. The van der Waals surface area contributed by atoms with E-state index < -0.39 is 0 Å². The van der Waals surface area contributed by atoms with Gasteiger partial charge in [0.05, 0.1) is 5.02 Å². The first-order chi connectivity index (χ1) is 8.72. The molecule has 0 aromatic carbocycles. The van der Waals surface area contributed by atoms with E-state index in [-0.39, 0.29) is 5.91 Å². The van der Waals surface area contributed by atoms with Gasteiger partial charge in [-0.05, 0) is 37.8 Å². The van der Waals surface area contributed by atoms with Gasteiger partial charge >= 0.3 is 0 Å². The maximum Gasteiger partial charge on any atom is 0.272 e. The lowest BCUT2D eigenvalue weighted by Crippen LogP contribution is -2.44. The van der Waals surface area contributed by atoms with E-state index in [2.05, 4.69) is 20.9 Å². The van der Waals surface area contributed by atoms with Crippen LogP contribution >= 0.6 is 27.5 Å². The van der Waals surface area contributed by atoms with Crippen molar-refractivity contribution in [1.82, 2.24) is 9.88 Å². The largest absolute Gasteiger partial charge is 0.334 e. The van der Waals surface area contributed by atoms with Crippen molar-refractivity contribution in [2.75, 3.05) is 11.9 Å². The summed E-state index contributed by atoms with van der Waals surface area (Å²) in [4.78, 5) is 18.5. The first-order valence-electron chi connectivity index (χ1n) is 6.21. The summed E-state index contributed by atoms with van der Waals surface area (Å²) in [5.41, 5.74) is 0.487. The van der Waals surface area contributed by atoms with Gasteiger partial charge in [-0.3, -0.25) is 4.79 Å². The molecule has 1 atom stereocenters. The Labute approximate surface area is 121 Å². The molecule has 1 fully saturated rings. The molecule has 1 unspecified atom stereocenters. The fourth-order valence-electron chi connectivity index (χ4n) is 2.34. The van der Waals surface area contributed by atoms with Crippen molar-refractivity contribution in [3.8, 4) is 0 Å². The molecular weight excluding hydrogens is 316 g/mol. The van der Waals surface area contributed by atoms with E-state index >= 15 is 0 Å². The number of hydrogen-bond acceptors (Lipinski definition) is 2. The SMILES string of the molecule is O=C(c1ccc(Cl)cn1)N1CCCCC1CCBr. The molecule has 0 N–H and O–H groups in total. The third kappa shape index (κ3) is 3.23. The molecule has 1 aliphatic rings. The summed E-state index contributed by atoms with van der Waals surface area (Å²) >= 11 is 9.24. The number of pyridine rings is 1. The Kier molecular flexibility index (Phi) is 5.01. The van der Waals surface area contributed by atoms with Crippen molar-refractivity contribution in [1.29, 1.82) is 0 Å². The van der Waals surface area contributed by atoms with Gasteiger partial charge in [-0.15, -0.1) is 0 Å². The third-order valence-corrected chi connectivity index (χ3v) is 3.96. The molecule has 1 amide bonds. The highest BCUT2D eigenvalue weighted by molar-refractivity contribution is 9.09. The zero-order chi connectivity index (χ0) is 13.0. The topological polar surface area (TPSA) is 33.2 Å². The van der Waals surface area contributed by atoms with Crippen LogP contribution in [0.25, 0.3) is 0 Å². The summed E-state index contributed by atoms with van der Waals surface area (Å²) < 4.78 is 0. The van der Waals surface area contributed by atoms with Crippen LogP contribution in [0.4, 0.5) is 0 Å². The van der Waals surface area contributed by atoms with E-state index in [1.165, 1.54) is 12.6 Å². The van der Waals surface area contributed by atoms with E-state index in [0.29, 0.717) is 16.8 Å². The Morgan fingerprint density at radius 3 is 3.00 bits per heavy atom. The minimum atomic E-state index is 0.0253. The number of rotatable bonds is 3. The molecule has 98 valence electrons. The van der Waals surface area contributed by atoms with Crippen LogP contribution in [0.3, 0.4) is 0 Å². The molecule has 0 bridgehead atoms. The Balaban J connectivity index is 2.12. The van der Waals surface area contributed by atoms with Crippen molar-refractivity contribution in [2.24, 2.45) is 0 Å². The number of alkyl halides is 1. The lowest BCUT2D eigenvalue weighted by atomic mass is 9.99. The lowest BCUT2D eigenvalue weighted by Gasteiger charge is -2.35. The highest BCUT2D eigenvalue weighted by atomic mass is 79.9. The molecule has 1 aromatic heterocycles. The third-order valence-electron chi connectivity index (χ3n) is 3.28. The molecule has 1 aromatic rings. The minimum absolute atomic E-state index is 0.0253. The van der Waals surface area contributed by atoms with Crippen LogP contribution in [-0.2, 0) is 0 Å². The predicted octanol–water partition coefficient (Wildman–Crippen LogP) is 3.51. The smallest absolute Gasteiger partial charge is 0.272 e. The van der Waals surface area contributed by atoms with Gasteiger partial charge in [0.25, 0.3) is 5.91 Å². The predicted molar refractivity (Wildman–Crippen MR) is 76.3 cm³/mol. The fourth-order valence-corrected chi connectivity index (χ4v) is 2.98. The molecule has 2 heterocycles. The maximum atomic E-state index is 12.4. The summed E-state index contributed by atoms with van der Waals surface area (Å²) in [5, 5.41) is 1.48. The number of hydrogen-bond donors (Lipinski definition) is 0. The number of nitrogens with zero attached hydrogens (tertiary/aromatic N) is 2. The van der Waals surface area contributed by atoms with Crippen LogP contribution in [0.1, 0.15) is 36.2 Å². The quantitative estimate of drug-likeness (QED) is 0.794. The average molecular weight is 332 g/mol. The molecule has 0 aliphatic carbocycles. The number of carbonyl (C=O) groups excluding carboxylic acids is 1. The maximum absolute atomic E-state index is 12.4. The highest BCUT2D eigenvalue weighted by Crippen LogP contribution is 2.22. The van der Waals surface area contributed by atoms with Gasteiger partial charge in [-0.1, -0.05) is 27.5 Å². The molecule has 0 radical (unpaired) electrons. The first-order valence-corrected chi connectivity index (χ1v) is 7.71. The molecule has 2 rings (SSSR count). The average Bonchev–Trinajstić information content (AvgIpc) is 2.40. The van der Waals surface area contributed by atoms with Crippen LogP contribution in [0.5, 0.6) is 0 Å². The Bertz CT molecular complexity index is 408. The number of amides is 1. The van der Waals surface area contributed by atoms with E-state index in [0.717, 1.165) is 31.1 Å². The number of carbonyl (C=O) groups is 1. The van der Waals surface area contributed by atoms with E-state index in [1.54, 1.807) is 12.1 Å². The van der Waals surface area contributed by atoms with Gasteiger partial charge in [0.2, 0.25) is 0 Å². The van der Waals surface area contributed by atoms with Crippen molar-refractivity contribution in [2.45, 2.75) is 31.7 Å². The standard InChI is InChI=1S/C13H16BrClN2O/c14-7-6-11-3-1-2-8-17(11)13(18)12-5-4-10(15)9-16-12/h4-5,9,11H,1-3,6-8H2. The molecule has 1 saturated heterocycles. The number of aromatic nitrogens is 1. The van der Waals surface area contributed by atoms with Crippen molar-refractivity contribution < 1.29 is 4.79 Å². The van der Waals surface area contributed by atoms with Gasteiger partial charge in [-0.25, -0.2) is 4.98 Å². The Hall–Kier alpha value is -0.610. The summed E-state index contributed by atoms with van der Waals surface area (Å²) in [5.74, 6) is 0.0253. The van der Waals surface area contributed by atoms with Gasteiger partial charge < -0.3 is 4.90 Å². The normalized spacial score (nSPS) is 19.9. The molecule has 0 saturated carbocycles. The zero-order valence-electron chi connectivity index (χ0n) is 10.1. The summed E-state index contributed by atoms with van der Waals surface area (Å²) in [6, 6.07) is 3.75. The van der Waals surface area contributed by atoms with E-state index in [1.807, 2.05) is 4.90 Å². The number of piperidine rings is 1. The van der Waals surface area contributed by atoms with Crippen molar-refractivity contribution >= 4 is 33.4 Å². The highest BCUT2D eigenvalue weighted by Gasteiger charge is 2.27. The van der Waals surface area contributed by atoms with Gasteiger partial charge in [0.1, 0.15) is 5.69 Å².